The minimum atomic E-state index is -0.235. The Morgan fingerprint density at radius 1 is 1.15 bits per heavy atom. The molecule has 0 unspecified atom stereocenters. The Morgan fingerprint density at radius 3 is 2.77 bits per heavy atom. The summed E-state index contributed by atoms with van der Waals surface area (Å²) in [6, 6.07) is 10.1. The molecular formula is C10H9FN2. The van der Waals surface area contributed by atoms with E-state index < -0.39 is 0 Å². The zero-order valence-corrected chi connectivity index (χ0v) is 6.92. The van der Waals surface area contributed by atoms with Crippen LogP contribution < -0.4 is 11.3 Å². The molecule has 2 aromatic carbocycles. The molecule has 3 N–H and O–H groups in total. The van der Waals surface area contributed by atoms with Crippen LogP contribution in [0, 0.1) is 5.82 Å². The van der Waals surface area contributed by atoms with Gasteiger partial charge in [-0.25, -0.2) is 4.39 Å². The third-order valence-corrected chi connectivity index (χ3v) is 2.00. The van der Waals surface area contributed by atoms with Gasteiger partial charge in [0.2, 0.25) is 0 Å². The summed E-state index contributed by atoms with van der Waals surface area (Å²) in [7, 11) is 0. The Morgan fingerprint density at radius 2 is 2.00 bits per heavy atom. The fourth-order valence-electron chi connectivity index (χ4n) is 1.38. The molecule has 2 nitrogen and oxygen atoms in total. The average Bonchev–Trinajstić information content (AvgIpc) is 2.16. The van der Waals surface area contributed by atoms with Crippen LogP contribution in [0.5, 0.6) is 0 Å². The number of benzene rings is 2. The number of anilines is 1. The van der Waals surface area contributed by atoms with Crippen LogP contribution in [0.2, 0.25) is 0 Å². The van der Waals surface area contributed by atoms with Gasteiger partial charge in [0.15, 0.2) is 0 Å². The second-order valence-electron chi connectivity index (χ2n) is 2.82. The van der Waals surface area contributed by atoms with Crippen molar-refractivity contribution in [2.75, 3.05) is 5.43 Å². The van der Waals surface area contributed by atoms with Crippen LogP contribution in [0.1, 0.15) is 0 Å². The molecule has 2 rings (SSSR count). The van der Waals surface area contributed by atoms with Gasteiger partial charge >= 0.3 is 0 Å². The van der Waals surface area contributed by atoms with E-state index in [2.05, 4.69) is 5.43 Å². The maximum atomic E-state index is 12.8. The Bertz CT molecular complexity index is 440. The fraction of sp³-hybridized carbons (Fsp3) is 0. The van der Waals surface area contributed by atoms with Gasteiger partial charge in [0.1, 0.15) is 5.82 Å². The van der Waals surface area contributed by atoms with Crippen LogP contribution >= 0.6 is 0 Å². The molecule has 0 fully saturated rings. The molecule has 3 heteroatoms. The second-order valence-corrected chi connectivity index (χ2v) is 2.82. The van der Waals surface area contributed by atoms with Crippen molar-refractivity contribution in [3.8, 4) is 0 Å². The first-order chi connectivity index (χ1) is 6.31. The van der Waals surface area contributed by atoms with E-state index in [1.54, 1.807) is 6.07 Å². The summed E-state index contributed by atoms with van der Waals surface area (Å²) in [6.45, 7) is 0. The highest BCUT2D eigenvalue weighted by atomic mass is 19.1. The molecule has 66 valence electrons. The van der Waals surface area contributed by atoms with Gasteiger partial charge in [-0.3, -0.25) is 5.84 Å². The Labute approximate surface area is 75.1 Å². The fourth-order valence-corrected chi connectivity index (χ4v) is 1.38. The summed E-state index contributed by atoms with van der Waals surface area (Å²) in [5.41, 5.74) is 3.37. The summed E-state index contributed by atoms with van der Waals surface area (Å²) in [4.78, 5) is 0. The number of nitrogens with one attached hydrogen (secondary N) is 1. The molecule has 0 heterocycles. The number of rotatable bonds is 1. The van der Waals surface area contributed by atoms with Gasteiger partial charge in [-0.15, -0.1) is 0 Å². The molecule has 13 heavy (non-hydrogen) atoms. The third-order valence-electron chi connectivity index (χ3n) is 2.00. The Kier molecular flexibility index (Phi) is 1.87. The molecule has 0 amide bonds. The van der Waals surface area contributed by atoms with Gasteiger partial charge in [0, 0.05) is 5.39 Å². The third kappa shape index (κ3) is 1.34. The molecule has 0 aliphatic heterocycles. The van der Waals surface area contributed by atoms with E-state index in [1.807, 2.05) is 18.2 Å². The number of hydrogen-bond acceptors (Lipinski definition) is 2. The van der Waals surface area contributed by atoms with Crippen LogP contribution in [0.3, 0.4) is 0 Å². The minimum Gasteiger partial charge on any atom is -0.324 e. The van der Waals surface area contributed by atoms with Crippen LogP contribution in [0.15, 0.2) is 36.4 Å². The largest absolute Gasteiger partial charge is 0.324 e. The summed E-state index contributed by atoms with van der Waals surface area (Å²) >= 11 is 0. The average molecular weight is 176 g/mol. The predicted molar refractivity (Wildman–Crippen MR) is 51.7 cm³/mol. The van der Waals surface area contributed by atoms with Crippen molar-refractivity contribution < 1.29 is 4.39 Å². The van der Waals surface area contributed by atoms with Gasteiger partial charge in [0.25, 0.3) is 0 Å². The van der Waals surface area contributed by atoms with E-state index in [4.69, 9.17) is 5.84 Å². The normalized spacial score (nSPS) is 10.3. The molecule has 0 saturated heterocycles. The summed E-state index contributed by atoms with van der Waals surface area (Å²) < 4.78 is 12.8. The van der Waals surface area contributed by atoms with Gasteiger partial charge in [0.05, 0.1) is 5.69 Å². The smallest absolute Gasteiger partial charge is 0.123 e. The number of nitrogens with two attached hydrogens (primary N) is 1. The number of hydrazine groups is 1. The lowest BCUT2D eigenvalue weighted by atomic mass is 10.1. The van der Waals surface area contributed by atoms with Crippen LogP contribution in [-0.2, 0) is 0 Å². The van der Waals surface area contributed by atoms with E-state index in [1.165, 1.54) is 12.1 Å². The summed E-state index contributed by atoms with van der Waals surface area (Å²) in [5, 5.41) is 1.77. The quantitative estimate of drug-likeness (QED) is 0.516. The van der Waals surface area contributed by atoms with Gasteiger partial charge < -0.3 is 5.43 Å². The van der Waals surface area contributed by atoms with Gasteiger partial charge in [-0.1, -0.05) is 12.1 Å². The molecule has 2 aromatic rings. The Hall–Kier alpha value is -1.61. The highest BCUT2D eigenvalue weighted by Gasteiger charge is 1.99. The van der Waals surface area contributed by atoms with Crippen molar-refractivity contribution in [2.24, 2.45) is 5.84 Å². The molecule has 0 aromatic heterocycles. The van der Waals surface area contributed by atoms with Crippen molar-refractivity contribution >= 4 is 16.5 Å². The monoisotopic (exact) mass is 176 g/mol. The van der Waals surface area contributed by atoms with E-state index in [0.717, 1.165) is 16.5 Å². The zero-order chi connectivity index (χ0) is 9.26. The Balaban J connectivity index is 2.77. The van der Waals surface area contributed by atoms with E-state index >= 15 is 0 Å². The van der Waals surface area contributed by atoms with Crippen LogP contribution in [0.25, 0.3) is 10.8 Å². The highest BCUT2D eigenvalue weighted by molar-refractivity contribution is 5.93. The standard InChI is InChI=1S/C10H9FN2/c11-8-4-5-9-7(6-8)2-1-3-10(9)13-12/h1-6,13H,12H2. The number of hydrogen-bond donors (Lipinski definition) is 2. The van der Waals surface area contributed by atoms with E-state index in [9.17, 15) is 4.39 Å². The first-order valence-corrected chi connectivity index (χ1v) is 3.96. The van der Waals surface area contributed by atoms with Crippen molar-refractivity contribution in [2.45, 2.75) is 0 Å². The molecule has 0 bridgehead atoms. The van der Waals surface area contributed by atoms with Crippen LogP contribution in [-0.4, -0.2) is 0 Å². The molecule has 0 saturated carbocycles. The van der Waals surface area contributed by atoms with Crippen molar-refractivity contribution in [1.82, 2.24) is 0 Å². The highest BCUT2D eigenvalue weighted by Crippen LogP contribution is 2.22. The molecular weight excluding hydrogens is 167 g/mol. The summed E-state index contributed by atoms with van der Waals surface area (Å²) in [6.07, 6.45) is 0. The van der Waals surface area contributed by atoms with E-state index in [0.29, 0.717) is 0 Å². The van der Waals surface area contributed by atoms with Crippen molar-refractivity contribution in [3.05, 3.63) is 42.2 Å². The predicted octanol–water partition coefficient (Wildman–Crippen LogP) is 2.26. The minimum absolute atomic E-state index is 0.235. The van der Waals surface area contributed by atoms with Crippen molar-refractivity contribution in [3.63, 3.8) is 0 Å². The molecule has 0 spiro atoms. The summed E-state index contributed by atoms with van der Waals surface area (Å²) in [5.74, 6) is 5.08. The lowest BCUT2D eigenvalue weighted by Crippen LogP contribution is -2.06. The lowest BCUT2D eigenvalue weighted by molar-refractivity contribution is 0.630. The first kappa shape index (κ1) is 8.01. The molecule has 0 aliphatic rings. The SMILES string of the molecule is NNc1cccc2cc(F)ccc12. The number of fused-ring (bicyclic) bond motifs is 1. The zero-order valence-electron chi connectivity index (χ0n) is 6.92. The van der Waals surface area contributed by atoms with Crippen molar-refractivity contribution in [1.29, 1.82) is 0 Å². The van der Waals surface area contributed by atoms with Gasteiger partial charge in [-0.05, 0) is 29.7 Å². The topological polar surface area (TPSA) is 38.0 Å². The maximum Gasteiger partial charge on any atom is 0.123 e. The second kappa shape index (κ2) is 3.03. The number of halogens is 1. The lowest BCUT2D eigenvalue weighted by Gasteiger charge is -2.04. The van der Waals surface area contributed by atoms with Gasteiger partial charge in [-0.2, -0.15) is 0 Å². The number of nitrogen functional groups attached to an aromatic ring is 1. The molecule has 0 radical (unpaired) electrons. The molecule has 0 atom stereocenters. The van der Waals surface area contributed by atoms with Crippen LogP contribution in [0.4, 0.5) is 10.1 Å². The van der Waals surface area contributed by atoms with E-state index in [-0.39, 0.29) is 5.82 Å². The molecule has 0 aliphatic carbocycles. The maximum absolute atomic E-state index is 12.8. The first-order valence-electron chi connectivity index (χ1n) is 3.96.